The van der Waals surface area contributed by atoms with Gasteiger partial charge in [0.1, 0.15) is 6.04 Å². The molecule has 0 bridgehead atoms. The van der Waals surface area contributed by atoms with Crippen molar-refractivity contribution in [1.82, 2.24) is 10.0 Å². The fourth-order valence-corrected chi connectivity index (χ4v) is 5.02. The number of hydrogen-bond acceptors (Lipinski definition) is 4. The fraction of sp³-hybridized carbons (Fsp3) is 0.286. The van der Waals surface area contributed by atoms with Crippen LogP contribution in [0.15, 0.2) is 64.9 Å². The van der Waals surface area contributed by atoms with E-state index in [-0.39, 0.29) is 16.7 Å². The minimum Gasteiger partial charge on any atom is -0.354 e. The van der Waals surface area contributed by atoms with Gasteiger partial charge in [-0.15, -0.1) is 11.3 Å². The van der Waals surface area contributed by atoms with Crippen molar-refractivity contribution in [3.63, 3.8) is 0 Å². The van der Waals surface area contributed by atoms with E-state index in [4.69, 9.17) is 0 Å². The molecule has 0 saturated heterocycles. The van der Waals surface area contributed by atoms with Gasteiger partial charge >= 0.3 is 0 Å². The summed E-state index contributed by atoms with van der Waals surface area (Å²) in [5, 5.41) is 6.64. The predicted molar refractivity (Wildman–Crippen MR) is 114 cm³/mol. The SMILES string of the molecule is CC(C)[C@@H](NS(=O)(=O)c1ccc2ccccc2c1)C(=O)NCCc1cccs1. The molecule has 0 saturated carbocycles. The van der Waals surface area contributed by atoms with E-state index >= 15 is 0 Å². The summed E-state index contributed by atoms with van der Waals surface area (Å²) < 4.78 is 28.3. The van der Waals surface area contributed by atoms with Crippen LogP contribution in [0, 0.1) is 5.92 Å². The van der Waals surface area contributed by atoms with Gasteiger partial charge in [0.15, 0.2) is 0 Å². The van der Waals surface area contributed by atoms with E-state index in [0.717, 1.165) is 17.2 Å². The molecule has 28 heavy (non-hydrogen) atoms. The maximum atomic E-state index is 12.9. The molecule has 3 rings (SSSR count). The minimum absolute atomic E-state index is 0.156. The number of rotatable bonds is 8. The van der Waals surface area contributed by atoms with Gasteiger partial charge in [0.2, 0.25) is 15.9 Å². The minimum atomic E-state index is -3.82. The average Bonchev–Trinajstić information content (AvgIpc) is 3.19. The molecule has 1 amide bonds. The van der Waals surface area contributed by atoms with Gasteiger partial charge in [-0.1, -0.05) is 50.2 Å². The van der Waals surface area contributed by atoms with Crippen molar-refractivity contribution < 1.29 is 13.2 Å². The number of carbonyl (C=O) groups is 1. The Labute approximate surface area is 169 Å². The first-order valence-corrected chi connectivity index (χ1v) is 11.5. The van der Waals surface area contributed by atoms with Crippen LogP contribution in [0.3, 0.4) is 0 Å². The summed E-state index contributed by atoms with van der Waals surface area (Å²) in [7, 11) is -3.82. The zero-order chi connectivity index (χ0) is 20.1. The quantitative estimate of drug-likeness (QED) is 0.590. The lowest BCUT2D eigenvalue weighted by atomic mass is 10.1. The average molecular weight is 417 g/mol. The molecule has 0 fully saturated rings. The summed E-state index contributed by atoms with van der Waals surface area (Å²) in [6.45, 7) is 4.12. The highest BCUT2D eigenvalue weighted by Crippen LogP contribution is 2.20. The van der Waals surface area contributed by atoms with Gasteiger partial charge in [-0.3, -0.25) is 4.79 Å². The third-order valence-corrected chi connectivity index (χ3v) is 6.89. The van der Waals surface area contributed by atoms with Gasteiger partial charge in [0, 0.05) is 11.4 Å². The number of amides is 1. The van der Waals surface area contributed by atoms with Gasteiger partial charge in [0.25, 0.3) is 0 Å². The molecule has 2 aromatic carbocycles. The zero-order valence-electron chi connectivity index (χ0n) is 15.9. The maximum Gasteiger partial charge on any atom is 0.241 e. The Bertz CT molecular complexity index is 1040. The third-order valence-electron chi connectivity index (χ3n) is 4.51. The summed E-state index contributed by atoms with van der Waals surface area (Å²) >= 11 is 1.63. The van der Waals surface area contributed by atoms with E-state index in [0.29, 0.717) is 6.54 Å². The van der Waals surface area contributed by atoms with Gasteiger partial charge in [0.05, 0.1) is 4.90 Å². The van der Waals surface area contributed by atoms with Crippen molar-refractivity contribution in [2.24, 2.45) is 5.92 Å². The van der Waals surface area contributed by atoms with E-state index < -0.39 is 16.1 Å². The molecule has 0 aliphatic heterocycles. The molecule has 7 heteroatoms. The highest BCUT2D eigenvalue weighted by molar-refractivity contribution is 7.89. The second-order valence-corrected chi connectivity index (χ2v) is 9.72. The van der Waals surface area contributed by atoms with Gasteiger partial charge in [-0.2, -0.15) is 4.72 Å². The molecule has 1 heterocycles. The van der Waals surface area contributed by atoms with Gasteiger partial charge in [-0.05, 0) is 46.7 Å². The molecule has 0 radical (unpaired) electrons. The van der Waals surface area contributed by atoms with E-state index in [1.54, 1.807) is 29.5 Å². The second kappa shape index (κ2) is 8.86. The molecule has 1 atom stereocenters. The Morgan fingerprint density at radius 1 is 1.04 bits per heavy atom. The van der Waals surface area contributed by atoms with Crippen molar-refractivity contribution in [2.75, 3.05) is 6.54 Å². The zero-order valence-corrected chi connectivity index (χ0v) is 17.5. The van der Waals surface area contributed by atoms with Crippen LogP contribution in [0.25, 0.3) is 10.8 Å². The molecule has 0 unspecified atom stereocenters. The molecule has 3 aromatic rings. The monoisotopic (exact) mass is 416 g/mol. The number of carbonyl (C=O) groups excluding carboxylic acids is 1. The van der Waals surface area contributed by atoms with Crippen LogP contribution in [-0.4, -0.2) is 26.9 Å². The molecular weight excluding hydrogens is 392 g/mol. The normalized spacial score (nSPS) is 13.0. The molecule has 1 aromatic heterocycles. The summed E-state index contributed by atoms with van der Waals surface area (Å²) in [5.74, 6) is -0.493. The van der Waals surface area contributed by atoms with Crippen molar-refractivity contribution in [3.05, 3.63) is 64.9 Å². The smallest absolute Gasteiger partial charge is 0.241 e. The first kappa shape index (κ1) is 20.5. The molecule has 0 aliphatic rings. The number of sulfonamides is 1. The first-order valence-electron chi connectivity index (χ1n) is 9.18. The lowest BCUT2D eigenvalue weighted by Crippen LogP contribution is -2.49. The molecule has 0 spiro atoms. The summed E-state index contributed by atoms with van der Waals surface area (Å²) in [6, 6.07) is 15.7. The summed E-state index contributed by atoms with van der Waals surface area (Å²) in [5.41, 5.74) is 0. The van der Waals surface area contributed by atoms with Gasteiger partial charge in [-0.25, -0.2) is 8.42 Å². The highest BCUT2D eigenvalue weighted by atomic mass is 32.2. The van der Waals surface area contributed by atoms with Crippen LogP contribution in [0.5, 0.6) is 0 Å². The lowest BCUT2D eigenvalue weighted by molar-refractivity contribution is -0.123. The topological polar surface area (TPSA) is 75.3 Å². The van der Waals surface area contributed by atoms with Crippen molar-refractivity contribution in [3.8, 4) is 0 Å². The standard InChI is InChI=1S/C21H24N2O3S2/c1-15(2)20(21(24)22-12-11-18-8-5-13-27-18)23-28(25,26)19-10-9-16-6-3-4-7-17(16)14-19/h3-10,13-15,20,23H,11-12H2,1-2H3,(H,22,24)/t20-/m1/s1. The maximum absolute atomic E-state index is 12.9. The summed E-state index contributed by atoms with van der Waals surface area (Å²) in [6.07, 6.45) is 0.728. The van der Waals surface area contributed by atoms with E-state index in [1.165, 1.54) is 4.88 Å². The van der Waals surface area contributed by atoms with E-state index in [9.17, 15) is 13.2 Å². The van der Waals surface area contributed by atoms with Crippen LogP contribution in [0.4, 0.5) is 0 Å². The fourth-order valence-electron chi connectivity index (χ4n) is 2.94. The first-order chi connectivity index (χ1) is 13.4. The Balaban J connectivity index is 1.71. The third kappa shape index (κ3) is 4.98. The largest absolute Gasteiger partial charge is 0.354 e. The highest BCUT2D eigenvalue weighted by Gasteiger charge is 2.28. The Morgan fingerprint density at radius 3 is 2.46 bits per heavy atom. The van der Waals surface area contributed by atoms with Crippen LogP contribution in [0.1, 0.15) is 18.7 Å². The molecule has 5 nitrogen and oxygen atoms in total. The van der Waals surface area contributed by atoms with Crippen LogP contribution in [-0.2, 0) is 21.2 Å². The Kier molecular flexibility index (Phi) is 6.49. The Morgan fingerprint density at radius 2 is 1.79 bits per heavy atom. The van der Waals surface area contributed by atoms with Crippen LogP contribution >= 0.6 is 11.3 Å². The number of benzene rings is 2. The lowest BCUT2D eigenvalue weighted by Gasteiger charge is -2.21. The van der Waals surface area contributed by atoms with Crippen molar-refractivity contribution in [2.45, 2.75) is 31.2 Å². The molecule has 148 valence electrons. The number of thiophene rings is 1. The van der Waals surface area contributed by atoms with Gasteiger partial charge < -0.3 is 5.32 Å². The predicted octanol–water partition coefficient (Wildman–Crippen LogP) is 3.56. The molecule has 2 N–H and O–H groups in total. The van der Waals surface area contributed by atoms with Crippen molar-refractivity contribution >= 4 is 38.0 Å². The number of nitrogens with one attached hydrogen (secondary N) is 2. The molecular formula is C21H24N2O3S2. The van der Waals surface area contributed by atoms with E-state index in [2.05, 4.69) is 10.0 Å². The number of hydrogen-bond donors (Lipinski definition) is 2. The van der Waals surface area contributed by atoms with Crippen LogP contribution < -0.4 is 10.0 Å². The molecule has 0 aliphatic carbocycles. The van der Waals surface area contributed by atoms with Crippen LogP contribution in [0.2, 0.25) is 0 Å². The number of fused-ring (bicyclic) bond motifs is 1. The summed E-state index contributed by atoms with van der Waals surface area (Å²) in [4.78, 5) is 13.9. The second-order valence-electron chi connectivity index (χ2n) is 6.97. The van der Waals surface area contributed by atoms with Crippen molar-refractivity contribution in [1.29, 1.82) is 0 Å². The van der Waals surface area contributed by atoms with E-state index in [1.807, 2.05) is 55.6 Å². The Hall–Kier alpha value is -2.22.